The highest BCUT2D eigenvalue weighted by atomic mass is 32.2. The predicted octanol–water partition coefficient (Wildman–Crippen LogP) is 0.672. The number of benzene rings is 1. The molecule has 23 heavy (non-hydrogen) atoms. The maximum absolute atomic E-state index is 12.0. The van der Waals surface area contributed by atoms with Crippen molar-refractivity contribution in [3.8, 4) is 5.75 Å². The minimum absolute atomic E-state index is 0.141. The lowest BCUT2D eigenvalue weighted by Crippen LogP contribution is -2.33. The third-order valence-electron chi connectivity index (χ3n) is 2.73. The Morgan fingerprint density at radius 2 is 1.91 bits per heavy atom. The van der Waals surface area contributed by atoms with Crippen LogP contribution in [-0.4, -0.2) is 46.2 Å². The van der Waals surface area contributed by atoms with Gasteiger partial charge < -0.3 is 15.6 Å². The SMILES string of the molecule is NC(=O)COc1ccc(/C=C2/SC(=O)N(CC(=O)O)C2=O)cc1. The molecule has 1 saturated heterocycles. The van der Waals surface area contributed by atoms with Crippen molar-refractivity contribution in [1.29, 1.82) is 0 Å². The molecular weight excluding hydrogens is 324 g/mol. The highest BCUT2D eigenvalue weighted by Gasteiger charge is 2.36. The van der Waals surface area contributed by atoms with Crippen LogP contribution in [0, 0.1) is 0 Å². The zero-order valence-electron chi connectivity index (χ0n) is 11.7. The molecule has 0 unspecified atom stereocenters. The fraction of sp³-hybridized carbons (Fsp3) is 0.143. The van der Waals surface area contributed by atoms with Crippen LogP contribution in [-0.2, 0) is 14.4 Å². The Morgan fingerprint density at radius 1 is 1.26 bits per heavy atom. The number of aliphatic carboxylic acids is 1. The monoisotopic (exact) mass is 336 g/mol. The number of amides is 3. The molecule has 1 heterocycles. The summed E-state index contributed by atoms with van der Waals surface area (Å²) in [6, 6.07) is 6.41. The Labute approximate surface area is 134 Å². The van der Waals surface area contributed by atoms with Gasteiger partial charge in [0.1, 0.15) is 12.3 Å². The highest BCUT2D eigenvalue weighted by Crippen LogP contribution is 2.32. The first-order valence-electron chi connectivity index (χ1n) is 6.35. The van der Waals surface area contributed by atoms with E-state index >= 15 is 0 Å². The number of rotatable bonds is 6. The van der Waals surface area contributed by atoms with Gasteiger partial charge in [-0.1, -0.05) is 12.1 Å². The summed E-state index contributed by atoms with van der Waals surface area (Å²) in [7, 11) is 0. The molecule has 1 aromatic carbocycles. The predicted molar refractivity (Wildman–Crippen MR) is 81.4 cm³/mol. The molecule has 3 N–H and O–H groups in total. The lowest BCUT2D eigenvalue weighted by Gasteiger charge is -2.07. The van der Waals surface area contributed by atoms with Crippen molar-refractivity contribution >= 4 is 40.9 Å². The number of ether oxygens (including phenoxy) is 1. The number of carboxylic acids is 1. The van der Waals surface area contributed by atoms with Gasteiger partial charge in [0, 0.05) is 0 Å². The molecule has 1 aromatic rings. The lowest BCUT2D eigenvalue weighted by atomic mass is 10.2. The van der Waals surface area contributed by atoms with Crippen molar-refractivity contribution in [2.75, 3.05) is 13.2 Å². The summed E-state index contributed by atoms with van der Waals surface area (Å²) < 4.78 is 5.10. The maximum atomic E-state index is 12.0. The van der Waals surface area contributed by atoms with E-state index in [0.717, 1.165) is 0 Å². The summed E-state index contributed by atoms with van der Waals surface area (Å²) in [5.41, 5.74) is 5.59. The molecule has 0 spiro atoms. The van der Waals surface area contributed by atoms with Crippen LogP contribution in [0.4, 0.5) is 4.79 Å². The Morgan fingerprint density at radius 3 is 2.48 bits per heavy atom. The average molecular weight is 336 g/mol. The number of carboxylic acid groups (broad SMARTS) is 1. The molecule has 120 valence electrons. The Hall–Kier alpha value is -2.81. The molecule has 9 heteroatoms. The average Bonchev–Trinajstić information content (AvgIpc) is 2.74. The fourth-order valence-electron chi connectivity index (χ4n) is 1.74. The molecule has 1 aliphatic heterocycles. The van der Waals surface area contributed by atoms with Gasteiger partial charge in [0.25, 0.3) is 17.1 Å². The normalized spacial score (nSPS) is 16.0. The van der Waals surface area contributed by atoms with E-state index in [-0.39, 0.29) is 11.5 Å². The molecule has 8 nitrogen and oxygen atoms in total. The van der Waals surface area contributed by atoms with E-state index in [4.69, 9.17) is 15.6 Å². The first-order chi connectivity index (χ1) is 10.9. The van der Waals surface area contributed by atoms with Gasteiger partial charge in [-0.05, 0) is 35.5 Å². The summed E-state index contributed by atoms with van der Waals surface area (Å²) >= 11 is 0.680. The van der Waals surface area contributed by atoms with Crippen LogP contribution in [0.25, 0.3) is 6.08 Å². The van der Waals surface area contributed by atoms with E-state index in [1.807, 2.05) is 0 Å². The van der Waals surface area contributed by atoms with Gasteiger partial charge in [-0.15, -0.1) is 0 Å². The fourth-order valence-corrected chi connectivity index (χ4v) is 2.58. The third kappa shape index (κ3) is 4.33. The molecule has 0 atom stereocenters. The molecule has 1 aliphatic rings. The van der Waals surface area contributed by atoms with Crippen molar-refractivity contribution in [1.82, 2.24) is 4.90 Å². The van der Waals surface area contributed by atoms with Gasteiger partial charge in [-0.2, -0.15) is 0 Å². The van der Waals surface area contributed by atoms with E-state index in [2.05, 4.69) is 0 Å². The third-order valence-corrected chi connectivity index (χ3v) is 3.63. The Kier molecular flexibility index (Phi) is 5.02. The zero-order chi connectivity index (χ0) is 17.0. The van der Waals surface area contributed by atoms with Crippen LogP contribution in [0.2, 0.25) is 0 Å². The standard InChI is InChI=1S/C14H12N2O6S/c15-11(17)7-22-9-3-1-8(2-4-9)5-10-13(20)16(6-12(18)19)14(21)23-10/h1-5H,6-7H2,(H2,15,17)(H,18,19)/b10-5+. The van der Waals surface area contributed by atoms with Crippen molar-refractivity contribution in [2.24, 2.45) is 5.73 Å². The first-order valence-corrected chi connectivity index (χ1v) is 7.17. The van der Waals surface area contributed by atoms with Crippen LogP contribution in [0.15, 0.2) is 29.2 Å². The summed E-state index contributed by atoms with van der Waals surface area (Å²) in [6.07, 6.45) is 1.48. The van der Waals surface area contributed by atoms with Gasteiger partial charge in [-0.3, -0.25) is 24.1 Å². The van der Waals surface area contributed by atoms with Crippen LogP contribution in [0.5, 0.6) is 5.75 Å². The van der Waals surface area contributed by atoms with Gasteiger partial charge in [0.2, 0.25) is 0 Å². The molecule has 0 bridgehead atoms. The summed E-state index contributed by atoms with van der Waals surface area (Å²) in [4.78, 5) is 45.7. The van der Waals surface area contributed by atoms with Gasteiger partial charge in [-0.25, -0.2) is 0 Å². The van der Waals surface area contributed by atoms with E-state index in [1.54, 1.807) is 24.3 Å². The van der Waals surface area contributed by atoms with Crippen molar-refractivity contribution in [3.63, 3.8) is 0 Å². The number of thioether (sulfide) groups is 1. The largest absolute Gasteiger partial charge is 0.484 e. The molecule has 3 amide bonds. The summed E-state index contributed by atoms with van der Waals surface area (Å²) in [5, 5.41) is 8.06. The number of nitrogens with zero attached hydrogens (tertiary/aromatic N) is 1. The van der Waals surface area contributed by atoms with E-state index < -0.39 is 29.6 Å². The van der Waals surface area contributed by atoms with Gasteiger partial charge in [0.15, 0.2) is 6.61 Å². The van der Waals surface area contributed by atoms with Gasteiger partial charge in [0.05, 0.1) is 4.91 Å². The van der Waals surface area contributed by atoms with Crippen LogP contribution < -0.4 is 10.5 Å². The highest BCUT2D eigenvalue weighted by molar-refractivity contribution is 8.18. The Balaban J connectivity index is 2.09. The molecule has 0 saturated carbocycles. The van der Waals surface area contributed by atoms with E-state index in [0.29, 0.717) is 28.0 Å². The second-order valence-corrected chi connectivity index (χ2v) is 5.48. The van der Waals surface area contributed by atoms with Gasteiger partial charge >= 0.3 is 5.97 Å². The van der Waals surface area contributed by atoms with E-state index in [1.165, 1.54) is 6.08 Å². The number of carbonyl (C=O) groups excluding carboxylic acids is 3. The van der Waals surface area contributed by atoms with Crippen molar-refractivity contribution in [3.05, 3.63) is 34.7 Å². The molecule has 1 fully saturated rings. The maximum Gasteiger partial charge on any atom is 0.323 e. The minimum Gasteiger partial charge on any atom is -0.484 e. The van der Waals surface area contributed by atoms with Crippen molar-refractivity contribution < 1.29 is 29.0 Å². The number of nitrogens with two attached hydrogens (primary N) is 1. The molecule has 2 rings (SSSR count). The summed E-state index contributed by atoms with van der Waals surface area (Å²) in [6.45, 7) is -0.907. The second-order valence-electron chi connectivity index (χ2n) is 4.49. The quantitative estimate of drug-likeness (QED) is 0.731. The number of carbonyl (C=O) groups is 4. The smallest absolute Gasteiger partial charge is 0.323 e. The number of hydrogen-bond acceptors (Lipinski definition) is 6. The lowest BCUT2D eigenvalue weighted by molar-refractivity contribution is -0.140. The summed E-state index contributed by atoms with van der Waals surface area (Å²) in [5.74, 6) is -2.07. The topological polar surface area (TPSA) is 127 Å². The number of hydrogen-bond donors (Lipinski definition) is 2. The second kappa shape index (κ2) is 6.97. The number of imide groups is 1. The van der Waals surface area contributed by atoms with Crippen LogP contribution in [0.1, 0.15) is 5.56 Å². The van der Waals surface area contributed by atoms with Crippen LogP contribution >= 0.6 is 11.8 Å². The minimum atomic E-state index is -1.26. The Bertz CT molecular complexity index is 698. The molecular formula is C14H12N2O6S. The molecule has 0 aliphatic carbocycles. The van der Waals surface area contributed by atoms with Crippen LogP contribution in [0.3, 0.4) is 0 Å². The zero-order valence-corrected chi connectivity index (χ0v) is 12.5. The molecule has 0 aromatic heterocycles. The number of primary amides is 1. The van der Waals surface area contributed by atoms with Crippen molar-refractivity contribution in [2.45, 2.75) is 0 Å². The molecule has 0 radical (unpaired) electrons. The van der Waals surface area contributed by atoms with E-state index in [9.17, 15) is 19.2 Å². The first kappa shape index (κ1) is 16.6.